The number of carbonyl (C=O) groups is 2. The Hall–Kier alpha value is -2.83. The summed E-state index contributed by atoms with van der Waals surface area (Å²) in [6.07, 6.45) is -5.29. The minimum Gasteiger partial charge on any atom is -0.453 e. The lowest BCUT2D eigenvalue weighted by molar-refractivity contribution is -0.153. The number of nitrogens with one attached hydrogen (secondary N) is 1. The van der Waals surface area contributed by atoms with Crippen LogP contribution in [0.25, 0.3) is 0 Å². The van der Waals surface area contributed by atoms with Gasteiger partial charge in [0.25, 0.3) is 5.91 Å². The molecule has 1 amide bonds. The number of rotatable bonds is 6. The van der Waals surface area contributed by atoms with Gasteiger partial charge in [0, 0.05) is 6.42 Å². The number of ether oxygens (including phenoxy) is 1. The molecule has 0 heterocycles. The third-order valence-electron chi connectivity index (χ3n) is 3.63. The number of amides is 1. The molecule has 1 atom stereocenters. The van der Waals surface area contributed by atoms with Crippen molar-refractivity contribution in [2.24, 2.45) is 0 Å². The van der Waals surface area contributed by atoms with Crippen LogP contribution in [0.3, 0.4) is 0 Å². The highest BCUT2D eigenvalue weighted by molar-refractivity contribution is 5.95. The Bertz CT molecular complexity index is 760. The summed E-state index contributed by atoms with van der Waals surface area (Å²) in [5.74, 6) is -1.42. The molecule has 4 nitrogen and oxygen atoms in total. The van der Waals surface area contributed by atoms with E-state index in [0.717, 1.165) is 17.7 Å². The zero-order valence-electron chi connectivity index (χ0n) is 14.0. The number of anilines is 1. The standard InChI is InChI=1S/C19H18F3NO3/c1-13(26-17(24)12-11-14-7-3-2-4-8-14)18(25)23-16-10-6-5-9-15(16)19(20,21)22/h2-10,13H,11-12H2,1H3,(H,23,25)/t13-/m1/s1. The average molecular weight is 365 g/mol. The predicted molar refractivity (Wildman–Crippen MR) is 90.4 cm³/mol. The summed E-state index contributed by atoms with van der Waals surface area (Å²) in [7, 11) is 0. The van der Waals surface area contributed by atoms with Gasteiger partial charge in [0.2, 0.25) is 0 Å². The summed E-state index contributed by atoms with van der Waals surface area (Å²) in [5, 5.41) is 2.16. The first-order valence-electron chi connectivity index (χ1n) is 7.98. The van der Waals surface area contributed by atoms with E-state index in [9.17, 15) is 22.8 Å². The molecule has 2 aromatic carbocycles. The molecule has 0 aliphatic carbocycles. The van der Waals surface area contributed by atoms with Crippen LogP contribution in [0.2, 0.25) is 0 Å². The van der Waals surface area contributed by atoms with Gasteiger partial charge in [-0.15, -0.1) is 0 Å². The van der Waals surface area contributed by atoms with E-state index in [4.69, 9.17) is 4.74 Å². The van der Waals surface area contributed by atoms with Gasteiger partial charge in [0.15, 0.2) is 6.10 Å². The zero-order valence-corrected chi connectivity index (χ0v) is 14.0. The van der Waals surface area contributed by atoms with E-state index in [1.807, 2.05) is 30.3 Å². The highest BCUT2D eigenvalue weighted by Gasteiger charge is 2.34. The maximum absolute atomic E-state index is 12.9. The highest BCUT2D eigenvalue weighted by Crippen LogP contribution is 2.34. The highest BCUT2D eigenvalue weighted by atomic mass is 19.4. The van der Waals surface area contributed by atoms with Crippen molar-refractivity contribution < 1.29 is 27.5 Å². The summed E-state index contributed by atoms with van der Waals surface area (Å²) in [6, 6.07) is 13.9. The van der Waals surface area contributed by atoms with Gasteiger partial charge in [0.1, 0.15) is 0 Å². The van der Waals surface area contributed by atoms with Crippen LogP contribution in [-0.4, -0.2) is 18.0 Å². The van der Waals surface area contributed by atoms with Crippen LogP contribution in [0.4, 0.5) is 18.9 Å². The molecule has 0 saturated carbocycles. The van der Waals surface area contributed by atoms with Crippen molar-refractivity contribution in [1.29, 1.82) is 0 Å². The number of carbonyl (C=O) groups excluding carboxylic acids is 2. The van der Waals surface area contributed by atoms with E-state index in [2.05, 4.69) is 5.32 Å². The monoisotopic (exact) mass is 365 g/mol. The van der Waals surface area contributed by atoms with Gasteiger partial charge in [-0.05, 0) is 31.0 Å². The molecule has 2 aromatic rings. The van der Waals surface area contributed by atoms with E-state index in [0.29, 0.717) is 6.42 Å². The fraction of sp³-hybridized carbons (Fsp3) is 0.263. The molecule has 0 radical (unpaired) electrons. The van der Waals surface area contributed by atoms with Crippen molar-refractivity contribution in [3.8, 4) is 0 Å². The van der Waals surface area contributed by atoms with Crippen LogP contribution < -0.4 is 5.32 Å². The number of halogens is 3. The topological polar surface area (TPSA) is 55.4 Å². The van der Waals surface area contributed by atoms with Crippen molar-refractivity contribution in [2.75, 3.05) is 5.32 Å². The fourth-order valence-electron chi connectivity index (χ4n) is 2.27. The van der Waals surface area contributed by atoms with Crippen LogP contribution in [0.5, 0.6) is 0 Å². The lowest BCUT2D eigenvalue weighted by atomic mass is 10.1. The van der Waals surface area contributed by atoms with Crippen molar-refractivity contribution >= 4 is 17.6 Å². The second-order valence-corrected chi connectivity index (χ2v) is 5.65. The number of para-hydroxylation sites is 1. The second-order valence-electron chi connectivity index (χ2n) is 5.65. The molecule has 7 heteroatoms. The Kier molecular flexibility index (Phi) is 6.38. The smallest absolute Gasteiger partial charge is 0.418 e. The molecule has 0 spiro atoms. The number of hydrogen-bond donors (Lipinski definition) is 1. The first kappa shape index (κ1) is 19.5. The molecular formula is C19H18F3NO3. The van der Waals surface area contributed by atoms with Crippen molar-refractivity contribution in [2.45, 2.75) is 32.0 Å². The fourth-order valence-corrected chi connectivity index (χ4v) is 2.27. The molecule has 0 aromatic heterocycles. The summed E-state index contributed by atoms with van der Waals surface area (Å²) in [6.45, 7) is 1.31. The van der Waals surface area contributed by atoms with Crippen LogP contribution in [-0.2, 0) is 26.9 Å². The first-order valence-corrected chi connectivity index (χ1v) is 7.98. The summed E-state index contributed by atoms with van der Waals surface area (Å²) < 4.78 is 43.8. The van der Waals surface area contributed by atoms with Gasteiger partial charge in [-0.2, -0.15) is 13.2 Å². The zero-order chi connectivity index (χ0) is 19.2. The van der Waals surface area contributed by atoms with E-state index in [1.165, 1.54) is 19.1 Å². The molecule has 0 fully saturated rings. The lowest BCUT2D eigenvalue weighted by Crippen LogP contribution is -2.30. The van der Waals surface area contributed by atoms with Crippen LogP contribution in [0.15, 0.2) is 54.6 Å². The van der Waals surface area contributed by atoms with E-state index >= 15 is 0 Å². The largest absolute Gasteiger partial charge is 0.453 e. The number of alkyl halides is 3. The maximum Gasteiger partial charge on any atom is 0.418 e. The van der Waals surface area contributed by atoms with Gasteiger partial charge in [0.05, 0.1) is 11.3 Å². The molecular weight excluding hydrogens is 347 g/mol. The van der Waals surface area contributed by atoms with Gasteiger partial charge in [-0.3, -0.25) is 9.59 Å². The Morgan fingerprint density at radius 1 is 1.04 bits per heavy atom. The molecule has 2 rings (SSSR count). The van der Waals surface area contributed by atoms with E-state index < -0.39 is 29.7 Å². The predicted octanol–water partition coefficient (Wildman–Crippen LogP) is 4.21. The normalized spacial score (nSPS) is 12.3. The van der Waals surface area contributed by atoms with Crippen molar-refractivity contribution in [3.05, 3.63) is 65.7 Å². The van der Waals surface area contributed by atoms with Gasteiger partial charge >= 0.3 is 12.1 Å². The van der Waals surface area contributed by atoms with Crippen LogP contribution in [0.1, 0.15) is 24.5 Å². The third-order valence-corrected chi connectivity index (χ3v) is 3.63. The molecule has 0 aliphatic rings. The first-order chi connectivity index (χ1) is 12.3. The molecule has 0 aliphatic heterocycles. The summed E-state index contributed by atoms with van der Waals surface area (Å²) >= 11 is 0. The Labute approximate surface area is 149 Å². The Morgan fingerprint density at radius 3 is 2.31 bits per heavy atom. The van der Waals surface area contributed by atoms with E-state index in [-0.39, 0.29) is 12.1 Å². The minimum atomic E-state index is -4.60. The SMILES string of the molecule is C[C@@H](OC(=O)CCc1ccccc1)C(=O)Nc1ccccc1C(F)(F)F. The molecule has 138 valence electrons. The summed E-state index contributed by atoms with van der Waals surface area (Å²) in [5.41, 5.74) is -0.395. The quantitative estimate of drug-likeness (QED) is 0.781. The average Bonchev–Trinajstić information content (AvgIpc) is 2.60. The third kappa shape index (κ3) is 5.61. The van der Waals surface area contributed by atoms with Gasteiger partial charge in [-0.1, -0.05) is 42.5 Å². The number of hydrogen-bond acceptors (Lipinski definition) is 3. The summed E-state index contributed by atoms with van der Waals surface area (Å²) in [4.78, 5) is 23.9. The molecule has 26 heavy (non-hydrogen) atoms. The number of aryl methyl sites for hydroxylation is 1. The second kappa shape index (κ2) is 8.51. The maximum atomic E-state index is 12.9. The van der Waals surface area contributed by atoms with Crippen molar-refractivity contribution in [1.82, 2.24) is 0 Å². The lowest BCUT2D eigenvalue weighted by Gasteiger charge is -2.16. The molecule has 0 unspecified atom stereocenters. The number of esters is 1. The molecule has 0 bridgehead atoms. The van der Waals surface area contributed by atoms with Gasteiger partial charge in [-0.25, -0.2) is 0 Å². The van der Waals surface area contributed by atoms with Crippen LogP contribution >= 0.6 is 0 Å². The van der Waals surface area contributed by atoms with Crippen LogP contribution in [0, 0.1) is 0 Å². The molecule has 0 saturated heterocycles. The van der Waals surface area contributed by atoms with Crippen molar-refractivity contribution in [3.63, 3.8) is 0 Å². The Balaban J connectivity index is 1.91. The minimum absolute atomic E-state index is 0.0702. The molecule has 1 N–H and O–H groups in total. The number of benzene rings is 2. The van der Waals surface area contributed by atoms with E-state index in [1.54, 1.807) is 0 Å². The Morgan fingerprint density at radius 2 is 1.65 bits per heavy atom. The van der Waals surface area contributed by atoms with Gasteiger partial charge < -0.3 is 10.1 Å².